The first-order chi connectivity index (χ1) is 8.14. The number of halogens is 3. The molecule has 1 aromatic rings. The normalized spacial score (nSPS) is 13.3. The van der Waals surface area contributed by atoms with E-state index in [1.807, 2.05) is 0 Å². The molecule has 0 aliphatic rings. The lowest BCUT2D eigenvalue weighted by Crippen LogP contribution is -2.40. The topological polar surface area (TPSA) is 20.3 Å². The van der Waals surface area contributed by atoms with E-state index in [4.69, 9.17) is 0 Å². The molecule has 1 rings (SSSR count). The molecule has 0 spiro atoms. The number of hydrogen-bond acceptors (Lipinski definition) is 1. The molecule has 0 aromatic heterocycles. The van der Waals surface area contributed by atoms with E-state index >= 15 is 0 Å². The van der Waals surface area contributed by atoms with Gasteiger partial charge in [0.15, 0.2) is 11.6 Å². The number of rotatable bonds is 3. The van der Waals surface area contributed by atoms with Crippen molar-refractivity contribution in [1.29, 1.82) is 0 Å². The predicted octanol–water partition coefficient (Wildman–Crippen LogP) is 3.66. The molecule has 1 unspecified atom stereocenters. The minimum Gasteiger partial charge on any atom is -0.338 e. The van der Waals surface area contributed by atoms with Gasteiger partial charge in [-0.05, 0) is 38.5 Å². The van der Waals surface area contributed by atoms with Gasteiger partial charge in [0.05, 0.1) is 10.4 Å². The van der Waals surface area contributed by atoms with E-state index in [2.05, 4.69) is 15.9 Å². The summed E-state index contributed by atoms with van der Waals surface area (Å²) in [5.74, 6) is -1.92. The number of alkyl halides is 1. The van der Waals surface area contributed by atoms with Gasteiger partial charge in [-0.15, -0.1) is 0 Å². The highest BCUT2D eigenvalue weighted by molar-refractivity contribution is 9.10. The van der Waals surface area contributed by atoms with Crippen LogP contribution in [0.2, 0.25) is 0 Å². The fourth-order valence-corrected chi connectivity index (χ4v) is 1.87. The van der Waals surface area contributed by atoms with Crippen molar-refractivity contribution < 1.29 is 13.6 Å². The van der Waals surface area contributed by atoms with Crippen LogP contribution in [0.1, 0.15) is 32.4 Å². The zero-order valence-electron chi connectivity index (χ0n) is 10.8. The summed E-state index contributed by atoms with van der Waals surface area (Å²) in [5, 5.41) is 0. The van der Waals surface area contributed by atoms with E-state index in [0.717, 1.165) is 12.1 Å². The molecule has 0 aliphatic carbocycles. The van der Waals surface area contributed by atoms with Crippen molar-refractivity contribution in [2.75, 3.05) is 7.05 Å². The van der Waals surface area contributed by atoms with E-state index in [9.17, 15) is 13.6 Å². The van der Waals surface area contributed by atoms with Crippen LogP contribution in [-0.4, -0.2) is 22.2 Å². The molecule has 0 bridgehead atoms. The Morgan fingerprint density at radius 3 is 2.33 bits per heavy atom. The average molecular weight is 320 g/mol. The molecule has 100 valence electrons. The second kappa shape index (κ2) is 5.34. The molecule has 18 heavy (non-hydrogen) atoms. The number of carbonyl (C=O) groups is 1. The Morgan fingerprint density at radius 1 is 1.33 bits per heavy atom. The maximum absolute atomic E-state index is 13.2. The predicted molar refractivity (Wildman–Crippen MR) is 70.5 cm³/mol. The summed E-state index contributed by atoms with van der Waals surface area (Å²) in [6.45, 7) is 5.25. The Bertz CT molecular complexity index is 457. The Morgan fingerprint density at radius 2 is 1.89 bits per heavy atom. The smallest absolute Gasteiger partial charge is 0.239 e. The minimum absolute atomic E-state index is 0.125. The molecule has 0 N–H and O–H groups in total. The summed E-state index contributed by atoms with van der Waals surface area (Å²) < 4.78 is 25.3. The fraction of sp³-hybridized carbons (Fsp3) is 0.462. The SMILES string of the molecule is CC(c1ccc(F)c(F)c1)N(C)C(=O)C(C)(C)Br. The van der Waals surface area contributed by atoms with Crippen LogP contribution in [0.15, 0.2) is 18.2 Å². The molecule has 1 atom stereocenters. The van der Waals surface area contributed by atoms with Crippen molar-refractivity contribution in [1.82, 2.24) is 4.90 Å². The lowest BCUT2D eigenvalue weighted by molar-refractivity contribution is -0.133. The highest BCUT2D eigenvalue weighted by Gasteiger charge is 2.30. The van der Waals surface area contributed by atoms with E-state index < -0.39 is 16.0 Å². The first-order valence-electron chi connectivity index (χ1n) is 5.55. The summed E-state index contributed by atoms with van der Waals surface area (Å²) in [6, 6.07) is 3.34. The standard InChI is InChI=1S/C13H16BrF2NO/c1-8(17(4)12(18)13(2,3)14)9-5-6-10(15)11(16)7-9/h5-8H,1-4H3. The van der Waals surface area contributed by atoms with Crippen molar-refractivity contribution in [3.63, 3.8) is 0 Å². The van der Waals surface area contributed by atoms with Crippen molar-refractivity contribution in [2.24, 2.45) is 0 Å². The third-order valence-electron chi connectivity index (χ3n) is 2.84. The number of hydrogen-bond donors (Lipinski definition) is 0. The van der Waals surface area contributed by atoms with Gasteiger partial charge in [0.1, 0.15) is 0 Å². The Kier molecular flexibility index (Phi) is 4.48. The quantitative estimate of drug-likeness (QED) is 0.779. The van der Waals surface area contributed by atoms with Crippen LogP contribution < -0.4 is 0 Å². The minimum atomic E-state index is -0.904. The van der Waals surface area contributed by atoms with Crippen LogP contribution >= 0.6 is 15.9 Å². The van der Waals surface area contributed by atoms with Crippen molar-refractivity contribution in [2.45, 2.75) is 31.1 Å². The first-order valence-corrected chi connectivity index (χ1v) is 6.35. The Labute approximate surface area is 114 Å². The molecule has 0 fully saturated rings. The second-order valence-electron chi connectivity index (χ2n) is 4.74. The Balaban J connectivity index is 2.96. The monoisotopic (exact) mass is 319 g/mol. The van der Waals surface area contributed by atoms with Gasteiger partial charge in [0, 0.05) is 7.05 Å². The molecular formula is C13H16BrF2NO. The third kappa shape index (κ3) is 3.28. The molecule has 5 heteroatoms. The number of carbonyl (C=O) groups excluding carboxylic acids is 1. The van der Waals surface area contributed by atoms with Crippen LogP contribution in [-0.2, 0) is 4.79 Å². The Hall–Kier alpha value is -0.970. The van der Waals surface area contributed by atoms with Crippen LogP contribution in [0.5, 0.6) is 0 Å². The van der Waals surface area contributed by atoms with E-state index in [0.29, 0.717) is 5.56 Å². The van der Waals surface area contributed by atoms with Crippen molar-refractivity contribution in [3.8, 4) is 0 Å². The molecular weight excluding hydrogens is 304 g/mol. The van der Waals surface area contributed by atoms with Crippen molar-refractivity contribution in [3.05, 3.63) is 35.4 Å². The maximum atomic E-state index is 13.2. The largest absolute Gasteiger partial charge is 0.338 e. The highest BCUT2D eigenvalue weighted by Crippen LogP contribution is 2.26. The number of amides is 1. The summed E-state index contributed by atoms with van der Waals surface area (Å²) in [6.07, 6.45) is 0. The van der Waals surface area contributed by atoms with Gasteiger partial charge in [-0.2, -0.15) is 0 Å². The van der Waals surface area contributed by atoms with Gasteiger partial charge in [0.2, 0.25) is 5.91 Å². The van der Waals surface area contributed by atoms with E-state index in [1.165, 1.54) is 11.0 Å². The maximum Gasteiger partial charge on any atom is 0.239 e. The lowest BCUT2D eigenvalue weighted by Gasteiger charge is -2.30. The summed E-state index contributed by atoms with van der Waals surface area (Å²) in [7, 11) is 1.64. The van der Waals surface area contributed by atoms with E-state index in [-0.39, 0.29) is 11.9 Å². The zero-order valence-corrected chi connectivity index (χ0v) is 12.4. The molecule has 2 nitrogen and oxygen atoms in total. The average Bonchev–Trinajstić information content (AvgIpc) is 2.28. The highest BCUT2D eigenvalue weighted by atomic mass is 79.9. The summed E-state index contributed by atoms with van der Waals surface area (Å²) >= 11 is 3.29. The van der Waals surface area contributed by atoms with Gasteiger partial charge in [0.25, 0.3) is 0 Å². The zero-order chi connectivity index (χ0) is 14.1. The van der Waals surface area contributed by atoms with Crippen molar-refractivity contribution >= 4 is 21.8 Å². The van der Waals surface area contributed by atoms with Crippen LogP contribution in [0.3, 0.4) is 0 Å². The van der Waals surface area contributed by atoms with Gasteiger partial charge in [-0.25, -0.2) is 8.78 Å². The van der Waals surface area contributed by atoms with Crippen LogP contribution in [0.4, 0.5) is 8.78 Å². The summed E-state index contributed by atoms with van der Waals surface area (Å²) in [4.78, 5) is 13.5. The number of nitrogens with zero attached hydrogens (tertiary/aromatic N) is 1. The molecule has 1 amide bonds. The molecule has 1 aromatic carbocycles. The summed E-state index contributed by atoms with van der Waals surface area (Å²) in [5.41, 5.74) is 0.557. The van der Waals surface area contributed by atoms with Crippen LogP contribution in [0.25, 0.3) is 0 Å². The van der Waals surface area contributed by atoms with Crippen LogP contribution in [0, 0.1) is 11.6 Å². The number of benzene rings is 1. The van der Waals surface area contributed by atoms with Gasteiger partial charge < -0.3 is 4.90 Å². The molecule has 0 aliphatic heterocycles. The second-order valence-corrected chi connectivity index (χ2v) is 6.72. The third-order valence-corrected chi connectivity index (χ3v) is 3.18. The van der Waals surface area contributed by atoms with Gasteiger partial charge >= 0.3 is 0 Å². The molecule has 0 radical (unpaired) electrons. The van der Waals surface area contributed by atoms with Gasteiger partial charge in [-0.3, -0.25) is 4.79 Å². The molecule has 0 saturated heterocycles. The molecule has 0 saturated carbocycles. The lowest BCUT2D eigenvalue weighted by atomic mass is 10.1. The molecule has 0 heterocycles. The van der Waals surface area contributed by atoms with E-state index in [1.54, 1.807) is 27.8 Å². The van der Waals surface area contributed by atoms with Gasteiger partial charge in [-0.1, -0.05) is 22.0 Å². The first kappa shape index (κ1) is 15.1. The fourth-order valence-electron chi connectivity index (χ4n) is 1.59.